The first-order valence-electron chi connectivity index (χ1n) is 11.6. The molecule has 0 spiro atoms. The third-order valence-electron chi connectivity index (χ3n) is 6.91. The zero-order valence-electron chi connectivity index (χ0n) is 20.3. The van der Waals surface area contributed by atoms with E-state index in [0.717, 1.165) is 18.7 Å². The van der Waals surface area contributed by atoms with E-state index in [1.807, 2.05) is 23.1 Å². The molecule has 2 heterocycles. The minimum absolute atomic E-state index is 0.0907. The Morgan fingerprint density at radius 1 is 0.794 bits per heavy atom. The van der Waals surface area contributed by atoms with Crippen LogP contribution in [-0.2, 0) is 4.79 Å². The highest BCUT2D eigenvalue weighted by molar-refractivity contribution is 5.95. The van der Waals surface area contributed by atoms with Gasteiger partial charge in [-0.1, -0.05) is 0 Å². The summed E-state index contributed by atoms with van der Waals surface area (Å²) < 4.78 is 16.3. The summed E-state index contributed by atoms with van der Waals surface area (Å²) in [6.45, 7) is 3.88. The lowest BCUT2D eigenvalue weighted by molar-refractivity contribution is -0.137. The number of nitrogens with zero attached hydrogens (tertiary/aromatic N) is 3. The molecule has 2 aliphatic rings. The molecule has 0 N–H and O–H groups in total. The van der Waals surface area contributed by atoms with Crippen LogP contribution in [0.15, 0.2) is 42.5 Å². The molecule has 182 valence electrons. The van der Waals surface area contributed by atoms with Crippen LogP contribution < -0.4 is 14.2 Å². The Morgan fingerprint density at radius 3 is 2.06 bits per heavy atom. The van der Waals surface area contributed by atoms with E-state index in [0.29, 0.717) is 49.0 Å². The highest BCUT2D eigenvalue weighted by atomic mass is 16.5. The number of rotatable bonds is 6. The van der Waals surface area contributed by atoms with Crippen LogP contribution in [0.3, 0.4) is 0 Å². The SMILES string of the molecule is COc1ccc(C(=O)N2C[C@H](C(=O)N3CCN(C)CC3)[C@@H](c3cc(OC)ccc3OC)C2)cc1. The maximum Gasteiger partial charge on any atom is 0.253 e. The van der Waals surface area contributed by atoms with Gasteiger partial charge in [0.1, 0.15) is 17.2 Å². The van der Waals surface area contributed by atoms with E-state index in [2.05, 4.69) is 11.9 Å². The van der Waals surface area contributed by atoms with Gasteiger partial charge < -0.3 is 28.9 Å². The van der Waals surface area contributed by atoms with Crippen molar-refractivity contribution >= 4 is 11.8 Å². The van der Waals surface area contributed by atoms with Crippen molar-refractivity contribution in [2.24, 2.45) is 5.92 Å². The standard InChI is InChI=1S/C26H33N3O5/c1-27-11-13-28(14-12-27)26(31)23-17-29(25(30)18-5-7-19(32-2)8-6-18)16-22(23)21-15-20(33-3)9-10-24(21)34-4/h5-10,15,22-23H,11-14,16-17H2,1-4H3/t22-,23+/m1/s1. The second kappa shape index (κ2) is 10.3. The number of benzene rings is 2. The summed E-state index contributed by atoms with van der Waals surface area (Å²) in [5, 5.41) is 0. The lowest BCUT2D eigenvalue weighted by atomic mass is 9.87. The molecule has 2 amide bonds. The van der Waals surface area contributed by atoms with Crippen molar-refractivity contribution in [2.75, 3.05) is 67.6 Å². The van der Waals surface area contributed by atoms with Gasteiger partial charge in [-0.3, -0.25) is 9.59 Å². The van der Waals surface area contributed by atoms with E-state index in [9.17, 15) is 9.59 Å². The fourth-order valence-corrected chi connectivity index (χ4v) is 4.84. The van der Waals surface area contributed by atoms with Gasteiger partial charge in [0.25, 0.3) is 5.91 Å². The maximum absolute atomic E-state index is 13.7. The van der Waals surface area contributed by atoms with Gasteiger partial charge in [-0.15, -0.1) is 0 Å². The summed E-state index contributed by atoms with van der Waals surface area (Å²) >= 11 is 0. The molecule has 2 aromatic rings. The van der Waals surface area contributed by atoms with Crippen LogP contribution in [0.5, 0.6) is 17.2 Å². The normalized spacial score (nSPS) is 20.8. The number of ether oxygens (including phenoxy) is 3. The molecule has 2 aliphatic heterocycles. The number of piperazine rings is 1. The van der Waals surface area contributed by atoms with Crippen molar-refractivity contribution in [1.82, 2.24) is 14.7 Å². The predicted molar refractivity (Wildman–Crippen MR) is 129 cm³/mol. The van der Waals surface area contributed by atoms with Crippen molar-refractivity contribution < 1.29 is 23.8 Å². The molecule has 0 aliphatic carbocycles. The monoisotopic (exact) mass is 467 g/mol. The van der Waals surface area contributed by atoms with Gasteiger partial charge in [0.2, 0.25) is 5.91 Å². The number of carbonyl (C=O) groups is 2. The molecule has 0 saturated carbocycles. The molecule has 2 saturated heterocycles. The minimum atomic E-state index is -0.355. The number of carbonyl (C=O) groups excluding carboxylic acids is 2. The Bertz CT molecular complexity index is 1020. The Morgan fingerprint density at radius 2 is 1.44 bits per heavy atom. The number of likely N-dealkylation sites (tertiary alicyclic amines) is 1. The fraction of sp³-hybridized carbons (Fsp3) is 0.462. The summed E-state index contributed by atoms with van der Waals surface area (Å²) in [7, 11) is 6.90. The maximum atomic E-state index is 13.7. The molecule has 0 radical (unpaired) electrons. The summed E-state index contributed by atoms with van der Waals surface area (Å²) in [5.74, 6) is 1.53. The molecule has 2 aromatic carbocycles. The van der Waals surface area contributed by atoms with Gasteiger partial charge in [0.15, 0.2) is 0 Å². The van der Waals surface area contributed by atoms with Gasteiger partial charge in [-0.2, -0.15) is 0 Å². The van der Waals surface area contributed by atoms with Crippen molar-refractivity contribution in [3.63, 3.8) is 0 Å². The second-order valence-corrected chi connectivity index (χ2v) is 8.89. The topological polar surface area (TPSA) is 71.6 Å². The average Bonchev–Trinajstić information content (AvgIpc) is 3.33. The first-order valence-corrected chi connectivity index (χ1v) is 11.6. The zero-order valence-corrected chi connectivity index (χ0v) is 20.3. The highest BCUT2D eigenvalue weighted by Crippen LogP contribution is 2.40. The summed E-state index contributed by atoms with van der Waals surface area (Å²) in [6.07, 6.45) is 0. The van der Waals surface area contributed by atoms with Crippen LogP contribution >= 0.6 is 0 Å². The second-order valence-electron chi connectivity index (χ2n) is 8.89. The minimum Gasteiger partial charge on any atom is -0.497 e. The molecule has 0 aromatic heterocycles. The van der Waals surface area contributed by atoms with Crippen LogP contribution in [0.1, 0.15) is 21.8 Å². The Labute approximate surface area is 201 Å². The van der Waals surface area contributed by atoms with Crippen LogP contribution in [0.2, 0.25) is 0 Å². The first-order chi connectivity index (χ1) is 16.4. The molecule has 0 unspecified atom stereocenters. The van der Waals surface area contributed by atoms with E-state index in [1.54, 1.807) is 50.5 Å². The average molecular weight is 468 g/mol. The third-order valence-corrected chi connectivity index (χ3v) is 6.91. The molecular weight excluding hydrogens is 434 g/mol. The Kier molecular flexibility index (Phi) is 7.26. The van der Waals surface area contributed by atoms with Gasteiger partial charge in [0.05, 0.1) is 27.2 Å². The highest BCUT2D eigenvalue weighted by Gasteiger charge is 2.43. The first kappa shape index (κ1) is 23.9. The van der Waals surface area contributed by atoms with E-state index < -0.39 is 0 Å². The third kappa shape index (κ3) is 4.82. The van der Waals surface area contributed by atoms with Gasteiger partial charge in [-0.05, 0) is 49.5 Å². The van der Waals surface area contributed by atoms with Gasteiger partial charge in [-0.25, -0.2) is 0 Å². The molecule has 8 nitrogen and oxygen atoms in total. The van der Waals surface area contributed by atoms with Crippen molar-refractivity contribution in [3.05, 3.63) is 53.6 Å². The van der Waals surface area contributed by atoms with Crippen LogP contribution in [0.25, 0.3) is 0 Å². The number of methoxy groups -OCH3 is 3. The Balaban J connectivity index is 1.65. The van der Waals surface area contributed by atoms with E-state index in [4.69, 9.17) is 14.2 Å². The lowest BCUT2D eigenvalue weighted by Gasteiger charge is -2.35. The number of hydrogen-bond donors (Lipinski definition) is 0. The van der Waals surface area contributed by atoms with Crippen LogP contribution in [0.4, 0.5) is 0 Å². The van der Waals surface area contributed by atoms with Crippen LogP contribution in [-0.4, -0.2) is 94.2 Å². The fourth-order valence-electron chi connectivity index (χ4n) is 4.84. The molecule has 2 atom stereocenters. The summed E-state index contributed by atoms with van der Waals surface area (Å²) in [6, 6.07) is 12.7. The number of likely N-dealkylation sites (N-methyl/N-ethyl adjacent to an activating group) is 1. The van der Waals surface area contributed by atoms with Crippen LogP contribution in [0, 0.1) is 5.92 Å². The predicted octanol–water partition coefficient (Wildman–Crippen LogP) is 2.34. The van der Waals surface area contributed by atoms with Crippen molar-refractivity contribution in [1.29, 1.82) is 0 Å². The Hall–Kier alpha value is -3.26. The molecule has 8 heteroatoms. The van der Waals surface area contributed by atoms with Crippen molar-refractivity contribution in [3.8, 4) is 17.2 Å². The number of hydrogen-bond acceptors (Lipinski definition) is 6. The molecular formula is C26H33N3O5. The zero-order chi connectivity index (χ0) is 24.2. The summed E-state index contributed by atoms with van der Waals surface area (Å²) in [4.78, 5) is 33.0. The van der Waals surface area contributed by atoms with Gasteiger partial charge in [0, 0.05) is 56.3 Å². The number of amides is 2. The quantitative estimate of drug-likeness (QED) is 0.650. The van der Waals surface area contributed by atoms with Gasteiger partial charge >= 0.3 is 0 Å². The smallest absolute Gasteiger partial charge is 0.253 e. The largest absolute Gasteiger partial charge is 0.497 e. The molecule has 34 heavy (non-hydrogen) atoms. The molecule has 4 rings (SSSR count). The summed E-state index contributed by atoms with van der Waals surface area (Å²) in [5.41, 5.74) is 1.46. The van der Waals surface area contributed by atoms with E-state index >= 15 is 0 Å². The van der Waals surface area contributed by atoms with E-state index in [1.165, 1.54) is 0 Å². The lowest BCUT2D eigenvalue weighted by Crippen LogP contribution is -2.50. The van der Waals surface area contributed by atoms with Crippen molar-refractivity contribution in [2.45, 2.75) is 5.92 Å². The molecule has 0 bridgehead atoms. The molecule has 2 fully saturated rings. The van der Waals surface area contributed by atoms with E-state index in [-0.39, 0.29) is 23.7 Å².